The number of rotatable bonds is 7. The molecule has 0 spiro atoms. The molecule has 4 atom stereocenters. The molecule has 3 rings (SSSR count). The molecule has 11 heteroatoms. The van der Waals surface area contributed by atoms with Crippen LogP contribution >= 0.6 is 0 Å². The Balaban J connectivity index is 0.000000414. The molecule has 11 nitrogen and oxygen atoms in total. The number of likely N-dealkylation sites (tertiary alicyclic amines) is 1. The van der Waals surface area contributed by atoms with E-state index in [1.54, 1.807) is 6.92 Å². The van der Waals surface area contributed by atoms with Crippen molar-refractivity contribution in [3.05, 3.63) is 48.0 Å². The molecule has 2 fully saturated rings. The first-order valence-corrected chi connectivity index (χ1v) is 10.3. The van der Waals surface area contributed by atoms with E-state index in [-0.39, 0.29) is 18.0 Å². The van der Waals surface area contributed by atoms with E-state index in [2.05, 4.69) is 5.32 Å². The molecule has 0 bridgehead atoms. The summed E-state index contributed by atoms with van der Waals surface area (Å²) < 4.78 is 5.41. The zero-order valence-electron chi connectivity index (χ0n) is 17.9. The van der Waals surface area contributed by atoms with Crippen LogP contribution in [-0.2, 0) is 28.7 Å². The molecule has 1 aromatic carbocycles. The fourth-order valence-electron chi connectivity index (χ4n) is 3.64. The number of nitrogens with zero attached hydrogens (tertiary/aromatic N) is 1. The first-order valence-electron chi connectivity index (χ1n) is 10.3. The molecule has 2 saturated heterocycles. The van der Waals surface area contributed by atoms with Gasteiger partial charge < -0.3 is 25.0 Å². The van der Waals surface area contributed by atoms with Crippen molar-refractivity contribution in [2.24, 2.45) is 0 Å². The van der Waals surface area contributed by atoms with Crippen LogP contribution in [0.5, 0.6) is 0 Å². The Labute approximate surface area is 189 Å². The summed E-state index contributed by atoms with van der Waals surface area (Å²) in [6.45, 7) is 2.09. The molecular formula is C22H26N2O9. The number of carboxylic acid groups (broad SMARTS) is 3. The van der Waals surface area contributed by atoms with E-state index in [0.717, 1.165) is 5.56 Å². The van der Waals surface area contributed by atoms with E-state index in [4.69, 9.17) is 14.9 Å². The van der Waals surface area contributed by atoms with Gasteiger partial charge in [0.2, 0.25) is 5.91 Å². The number of amides is 1. The van der Waals surface area contributed by atoms with Gasteiger partial charge in [-0.25, -0.2) is 14.4 Å². The molecule has 0 unspecified atom stereocenters. The van der Waals surface area contributed by atoms with Crippen LogP contribution in [0.15, 0.2) is 42.5 Å². The number of hydrogen-bond donors (Lipinski definition) is 4. The molecule has 178 valence electrons. The number of benzene rings is 1. The minimum absolute atomic E-state index is 0.291. The van der Waals surface area contributed by atoms with Gasteiger partial charge in [-0.05, 0) is 25.3 Å². The van der Waals surface area contributed by atoms with Gasteiger partial charge in [-0.1, -0.05) is 30.3 Å². The third-order valence-corrected chi connectivity index (χ3v) is 5.18. The van der Waals surface area contributed by atoms with Crippen LogP contribution in [0.4, 0.5) is 0 Å². The second kappa shape index (κ2) is 11.8. The lowest BCUT2D eigenvalue weighted by atomic mass is 10.0. The number of carbonyl (C=O) groups excluding carboxylic acids is 2. The molecule has 0 aromatic heterocycles. The fraction of sp³-hybridized carbons (Fsp3) is 0.409. The van der Waals surface area contributed by atoms with Gasteiger partial charge in [0.05, 0.1) is 6.04 Å². The molecule has 0 saturated carbocycles. The first kappa shape index (κ1) is 25.5. The highest BCUT2D eigenvalue weighted by molar-refractivity contribution is 5.89. The van der Waals surface area contributed by atoms with Gasteiger partial charge in [0, 0.05) is 25.1 Å². The highest BCUT2D eigenvalue weighted by Crippen LogP contribution is 2.30. The van der Waals surface area contributed by atoms with Crippen molar-refractivity contribution >= 4 is 29.8 Å². The lowest BCUT2D eigenvalue weighted by Crippen LogP contribution is -2.52. The highest BCUT2D eigenvalue weighted by atomic mass is 16.6. The van der Waals surface area contributed by atoms with E-state index < -0.39 is 36.0 Å². The van der Waals surface area contributed by atoms with Gasteiger partial charge in [0.1, 0.15) is 18.2 Å². The van der Waals surface area contributed by atoms with Crippen molar-refractivity contribution in [1.29, 1.82) is 0 Å². The summed E-state index contributed by atoms with van der Waals surface area (Å²) in [6, 6.07) is 7.47. The third-order valence-electron chi connectivity index (χ3n) is 5.18. The lowest BCUT2D eigenvalue weighted by molar-refractivity contribution is -0.149. The van der Waals surface area contributed by atoms with Gasteiger partial charge in [-0.3, -0.25) is 14.9 Å². The second-order valence-electron chi connectivity index (χ2n) is 7.55. The first-order chi connectivity index (χ1) is 15.6. The van der Waals surface area contributed by atoms with Crippen molar-refractivity contribution in [3.8, 4) is 0 Å². The van der Waals surface area contributed by atoms with Crippen molar-refractivity contribution in [2.45, 2.75) is 50.4 Å². The SMILES string of the molecule is C[C@H](N[C@H]1C[C@H](c2ccccc2)OC1=O)C(=O)N1CCC[C@H]1C(=O)O.O=C(O)/C=C\C(=O)O. The molecule has 2 aliphatic heterocycles. The predicted octanol–water partition coefficient (Wildman–Crippen LogP) is 0.809. The Hall–Kier alpha value is -3.73. The maximum Gasteiger partial charge on any atom is 0.328 e. The van der Waals surface area contributed by atoms with E-state index >= 15 is 0 Å². The van der Waals surface area contributed by atoms with E-state index in [9.17, 15) is 29.1 Å². The summed E-state index contributed by atoms with van der Waals surface area (Å²) >= 11 is 0. The zero-order chi connectivity index (χ0) is 24.5. The molecule has 33 heavy (non-hydrogen) atoms. The lowest BCUT2D eigenvalue weighted by Gasteiger charge is -2.26. The van der Waals surface area contributed by atoms with Gasteiger partial charge >= 0.3 is 23.9 Å². The van der Waals surface area contributed by atoms with E-state index in [1.165, 1.54) is 4.90 Å². The summed E-state index contributed by atoms with van der Waals surface area (Å²) in [6.07, 6.45) is 2.38. The van der Waals surface area contributed by atoms with Crippen LogP contribution in [0.25, 0.3) is 0 Å². The zero-order valence-corrected chi connectivity index (χ0v) is 17.9. The molecule has 2 aliphatic rings. The van der Waals surface area contributed by atoms with Crippen LogP contribution in [0.1, 0.15) is 37.9 Å². The van der Waals surface area contributed by atoms with Crippen molar-refractivity contribution in [2.75, 3.05) is 6.54 Å². The summed E-state index contributed by atoms with van der Waals surface area (Å²) in [7, 11) is 0. The molecule has 0 radical (unpaired) electrons. The Morgan fingerprint density at radius 3 is 2.24 bits per heavy atom. The summed E-state index contributed by atoms with van der Waals surface area (Å²) in [5.74, 6) is -4.17. The minimum atomic E-state index is -1.26. The smallest absolute Gasteiger partial charge is 0.328 e. The standard InChI is InChI=1S/C18H22N2O5.C4H4O4/c1-11(16(21)20-9-5-8-14(20)17(22)23)19-13-10-15(25-18(13)24)12-6-3-2-4-7-12;5-3(6)1-2-4(7)8/h2-4,6-7,11,13-15,19H,5,8-10H2,1H3,(H,22,23);1-2H,(H,5,6)(H,7,8)/b;2-1-/t11-,13-,14-,15+;/m0./s1. The van der Waals surface area contributed by atoms with Gasteiger partial charge in [-0.15, -0.1) is 0 Å². The quantitative estimate of drug-likeness (QED) is 0.336. The average Bonchev–Trinajstić information content (AvgIpc) is 3.40. The summed E-state index contributed by atoms with van der Waals surface area (Å²) in [4.78, 5) is 56.4. The second-order valence-corrected chi connectivity index (χ2v) is 7.55. The Morgan fingerprint density at radius 1 is 1.09 bits per heavy atom. The largest absolute Gasteiger partial charge is 0.480 e. The van der Waals surface area contributed by atoms with Crippen LogP contribution in [0.2, 0.25) is 0 Å². The number of cyclic esters (lactones) is 1. The topological polar surface area (TPSA) is 171 Å². The van der Waals surface area contributed by atoms with Gasteiger partial charge in [-0.2, -0.15) is 0 Å². The van der Waals surface area contributed by atoms with Crippen molar-refractivity contribution < 1.29 is 44.0 Å². The normalized spacial score (nSPS) is 22.9. The van der Waals surface area contributed by atoms with Crippen LogP contribution in [0, 0.1) is 0 Å². The van der Waals surface area contributed by atoms with Crippen LogP contribution in [-0.4, -0.2) is 74.7 Å². The third kappa shape index (κ3) is 7.42. The molecular weight excluding hydrogens is 436 g/mol. The number of carboxylic acids is 3. The highest BCUT2D eigenvalue weighted by Gasteiger charge is 2.40. The Morgan fingerprint density at radius 2 is 1.70 bits per heavy atom. The fourth-order valence-corrected chi connectivity index (χ4v) is 3.64. The minimum Gasteiger partial charge on any atom is -0.480 e. The van der Waals surface area contributed by atoms with E-state index in [1.807, 2.05) is 30.3 Å². The summed E-state index contributed by atoms with van der Waals surface area (Å²) in [5, 5.41) is 27.8. The molecule has 1 amide bonds. The molecule has 2 heterocycles. The van der Waals surface area contributed by atoms with Crippen LogP contribution < -0.4 is 5.32 Å². The van der Waals surface area contributed by atoms with E-state index in [0.29, 0.717) is 38.0 Å². The molecule has 0 aliphatic carbocycles. The van der Waals surface area contributed by atoms with Crippen LogP contribution in [0.3, 0.4) is 0 Å². The predicted molar refractivity (Wildman–Crippen MR) is 113 cm³/mol. The maximum absolute atomic E-state index is 12.6. The molecule has 4 N–H and O–H groups in total. The van der Waals surface area contributed by atoms with Crippen molar-refractivity contribution in [3.63, 3.8) is 0 Å². The maximum atomic E-state index is 12.6. The number of hydrogen-bond acceptors (Lipinski definition) is 7. The monoisotopic (exact) mass is 462 g/mol. The van der Waals surface area contributed by atoms with Gasteiger partial charge in [0.25, 0.3) is 0 Å². The molecule has 1 aromatic rings. The average molecular weight is 462 g/mol. The van der Waals surface area contributed by atoms with Crippen molar-refractivity contribution in [1.82, 2.24) is 10.2 Å². The number of carbonyl (C=O) groups is 5. The van der Waals surface area contributed by atoms with Gasteiger partial charge in [0.15, 0.2) is 0 Å². The Bertz CT molecular complexity index is 900. The number of esters is 1. The summed E-state index contributed by atoms with van der Waals surface area (Å²) in [5.41, 5.74) is 0.921. The number of aliphatic carboxylic acids is 3. The Kier molecular flexibility index (Phi) is 9.10. The number of ether oxygens (including phenoxy) is 1. The number of nitrogens with one attached hydrogen (secondary N) is 1.